The molecule has 0 spiro atoms. The molecule has 0 aromatic rings. The first-order valence-electron chi connectivity index (χ1n) is 26.0. The second kappa shape index (κ2) is 57.2. The number of hydrogen-bond donors (Lipinski definition) is 2. The van der Waals surface area contributed by atoms with E-state index in [0.29, 0.717) is 19.3 Å². The molecule has 1 atom stereocenters. The summed E-state index contributed by atoms with van der Waals surface area (Å²) in [5, 5.41) is 17.8. The van der Waals surface area contributed by atoms with Gasteiger partial charge in [-0.2, -0.15) is 0 Å². The average Bonchev–Trinajstić information content (AvgIpc) is 3.24. The predicted octanol–water partition coefficient (Wildman–Crippen LogP) is 13.1. The maximum absolute atomic E-state index is 11.4. The molecule has 0 heterocycles. The molecule has 382 valence electrons. The molecule has 0 saturated carbocycles. The van der Waals surface area contributed by atoms with Crippen LogP contribution in [-0.4, -0.2) is 97.7 Å². The summed E-state index contributed by atoms with van der Waals surface area (Å²) in [6.45, 7) is 6.29. The van der Waals surface area contributed by atoms with Gasteiger partial charge in [-0.25, -0.2) is 16.8 Å². The number of carbonyl (C=O) groups excluding carboxylic acids is 1. The minimum Gasteiger partial charge on any atom is -0.726 e. The molecule has 64 heavy (non-hydrogen) atoms. The van der Waals surface area contributed by atoms with Crippen LogP contribution >= 0.6 is 0 Å². The molecule has 0 aromatic carbocycles. The van der Waals surface area contributed by atoms with E-state index >= 15 is 0 Å². The fourth-order valence-electron chi connectivity index (χ4n) is 7.16. The fourth-order valence-corrected chi connectivity index (χ4v) is 7.81. The van der Waals surface area contributed by atoms with E-state index in [1.54, 1.807) is 0 Å². The monoisotopic (exact) mass is 969 g/mol. The Morgan fingerprint density at radius 2 is 0.641 bits per heavy atom. The van der Waals surface area contributed by atoms with Crippen molar-refractivity contribution in [2.45, 2.75) is 284 Å². The maximum Gasteiger partial charge on any atom is 2.00 e. The van der Waals surface area contributed by atoms with Crippen LogP contribution in [0, 0.1) is 0 Å². The van der Waals surface area contributed by atoms with Crippen LogP contribution in [0.3, 0.4) is 0 Å². The van der Waals surface area contributed by atoms with Crippen LogP contribution in [0.2, 0.25) is 0 Å². The standard InChI is InChI=1S/C25H50O4.2C12H26O4S.Mg/c1-2-3-4-5-6-7-8-9-10-11-12-13-14-15-16-17-18-19-20-21-25(28)29-23-24(27)22-26;2*1-2-3-4-5-6-7-8-9-10-11-12-16-17(13,14)15;/h24,26-27H,2-23H2,1H3;2*2-12H2,1H3,(H,13,14,15);/q;;;+2/p-2. The Kier molecular flexibility index (Phi) is 63.0. The average molecular weight is 970 g/mol. The molecular weight excluding hydrogens is 869 g/mol. The summed E-state index contributed by atoms with van der Waals surface area (Å²) in [5.41, 5.74) is 0. The molecule has 0 aromatic heterocycles. The van der Waals surface area contributed by atoms with Gasteiger partial charge in [0.1, 0.15) is 12.7 Å². The number of unbranched alkanes of at least 4 members (excludes halogenated alkanes) is 36. The zero-order chi connectivity index (χ0) is 47.4. The third-order valence-electron chi connectivity index (χ3n) is 11.1. The first-order chi connectivity index (χ1) is 30.3. The van der Waals surface area contributed by atoms with Crippen LogP contribution in [0.1, 0.15) is 278 Å². The van der Waals surface area contributed by atoms with Gasteiger partial charge >= 0.3 is 29.0 Å². The summed E-state index contributed by atoms with van der Waals surface area (Å²) in [4.78, 5) is 11.4. The van der Waals surface area contributed by atoms with Crippen LogP contribution in [0.4, 0.5) is 0 Å². The van der Waals surface area contributed by atoms with Crippen molar-refractivity contribution in [1.82, 2.24) is 0 Å². The first kappa shape index (κ1) is 70.5. The number of hydrogen-bond acceptors (Lipinski definition) is 12. The van der Waals surface area contributed by atoms with Gasteiger partial charge in [0, 0.05) is 6.42 Å². The summed E-state index contributed by atoms with van der Waals surface area (Å²) >= 11 is 0. The van der Waals surface area contributed by atoms with Gasteiger partial charge < -0.3 is 24.1 Å². The van der Waals surface area contributed by atoms with E-state index in [4.69, 9.17) is 14.9 Å². The third kappa shape index (κ3) is 73.5. The summed E-state index contributed by atoms with van der Waals surface area (Å²) < 4.78 is 73.8. The van der Waals surface area contributed by atoms with E-state index in [-0.39, 0.29) is 55.4 Å². The molecule has 0 aliphatic rings. The van der Waals surface area contributed by atoms with Gasteiger partial charge in [-0.05, 0) is 19.3 Å². The molecule has 2 N–H and O–H groups in total. The fraction of sp³-hybridized carbons (Fsp3) is 0.980. The van der Waals surface area contributed by atoms with Gasteiger partial charge in [0.15, 0.2) is 0 Å². The normalized spacial score (nSPS) is 11.9. The van der Waals surface area contributed by atoms with E-state index in [2.05, 4.69) is 29.1 Å². The Morgan fingerprint density at radius 1 is 0.422 bits per heavy atom. The second-order valence-corrected chi connectivity index (χ2v) is 19.6. The van der Waals surface area contributed by atoms with Crippen LogP contribution in [0.5, 0.6) is 0 Å². The SMILES string of the molecule is CCCCCCCCCCCCCCCCCCCCCC(=O)OCC(O)CO.CCCCCCCCCCCCOS(=O)(=O)[O-].CCCCCCCCCCCCOS(=O)(=O)[O-].[Mg+2]. The largest absolute Gasteiger partial charge is 2.00 e. The molecule has 0 bridgehead atoms. The summed E-state index contributed by atoms with van der Waals surface area (Å²) in [7, 11) is -8.97. The van der Waals surface area contributed by atoms with Crippen LogP contribution in [-0.2, 0) is 38.7 Å². The Hall–Kier alpha value is -0.104. The minimum atomic E-state index is -4.48. The molecular formula is C49H100MgO12S2. The van der Waals surface area contributed by atoms with E-state index in [9.17, 15) is 30.7 Å². The summed E-state index contributed by atoms with van der Waals surface area (Å²) in [5.74, 6) is -0.274. The molecule has 0 amide bonds. The maximum atomic E-state index is 11.4. The Bertz CT molecular complexity index is 1060. The molecule has 0 aliphatic carbocycles. The predicted molar refractivity (Wildman–Crippen MR) is 263 cm³/mol. The topological polar surface area (TPSA) is 200 Å². The molecule has 12 nitrogen and oxygen atoms in total. The molecule has 0 radical (unpaired) electrons. The van der Waals surface area contributed by atoms with Gasteiger partial charge in [0.05, 0.1) is 19.8 Å². The van der Waals surface area contributed by atoms with E-state index in [0.717, 1.165) is 38.5 Å². The zero-order valence-electron chi connectivity index (χ0n) is 41.7. The number of carbonyl (C=O) groups is 1. The van der Waals surface area contributed by atoms with Crippen molar-refractivity contribution in [3.8, 4) is 0 Å². The third-order valence-corrected chi connectivity index (χ3v) is 12.0. The number of aliphatic hydroxyl groups excluding tert-OH is 2. The number of aliphatic hydroxyl groups is 2. The molecule has 0 aliphatic heterocycles. The Morgan fingerprint density at radius 3 is 0.859 bits per heavy atom. The van der Waals surface area contributed by atoms with Crippen molar-refractivity contribution in [1.29, 1.82) is 0 Å². The van der Waals surface area contributed by atoms with Crippen molar-refractivity contribution < 1.29 is 54.1 Å². The van der Waals surface area contributed by atoms with Crippen LogP contribution in [0.25, 0.3) is 0 Å². The van der Waals surface area contributed by atoms with E-state index < -0.39 is 26.9 Å². The quantitative estimate of drug-likeness (QED) is 0.0192. The number of esters is 1. The van der Waals surface area contributed by atoms with Crippen molar-refractivity contribution >= 4 is 49.8 Å². The molecule has 1 unspecified atom stereocenters. The summed E-state index contributed by atoms with van der Waals surface area (Å²) in [6, 6.07) is 0. The first-order valence-corrected chi connectivity index (χ1v) is 28.6. The van der Waals surface area contributed by atoms with Crippen LogP contribution < -0.4 is 0 Å². The van der Waals surface area contributed by atoms with E-state index in [1.807, 2.05) is 0 Å². The minimum absolute atomic E-state index is 0. The number of rotatable bonds is 47. The van der Waals surface area contributed by atoms with Crippen molar-refractivity contribution in [2.24, 2.45) is 0 Å². The van der Waals surface area contributed by atoms with Gasteiger partial charge in [-0.3, -0.25) is 13.2 Å². The molecule has 0 rings (SSSR count). The summed E-state index contributed by atoms with van der Waals surface area (Å²) in [6.07, 6.45) is 48.3. The smallest absolute Gasteiger partial charge is 0.726 e. The van der Waals surface area contributed by atoms with E-state index in [1.165, 1.54) is 199 Å². The van der Waals surface area contributed by atoms with Crippen molar-refractivity contribution in [2.75, 3.05) is 26.4 Å². The molecule has 15 heteroatoms. The zero-order valence-corrected chi connectivity index (χ0v) is 44.7. The molecule has 0 fully saturated rings. The van der Waals surface area contributed by atoms with Gasteiger partial charge in [0.25, 0.3) is 0 Å². The second-order valence-electron chi connectivity index (χ2n) is 17.5. The molecule has 0 saturated heterocycles. The van der Waals surface area contributed by atoms with Crippen molar-refractivity contribution in [3.63, 3.8) is 0 Å². The van der Waals surface area contributed by atoms with Gasteiger partial charge in [0.2, 0.25) is 20.8 Å². The Balaban J connectivity index is -0.000000444. The van der Waals surface area contributed by atoms with Crippen LogP contribution in [0.15, 0.2) is 0 Å². The van der Waals surface area contributed by atoms with Crippen molar-refractivity contribution in [3.05, 3.63) is 0 Å². The Labute approximate surface area is 411 Å². The number of ether oxygens (including phenoxy) is 1. The van der Waals surface area contributed by atoms with Gasteiger partial charge in [-0.1, -0.05) is 252 Å². The van der Waals surface area contributed by atoms with Gasteiger partial charge in [-0.15, -0.1) is 0 Å².